The molecule has 0 saturated heterocycles. The molecule has 0 aromatic heterocycles. The van der Waals surface area contributed by atoms with Crippen LogP contribution >= 0.6 is 15.9 Å². The first-order valence-electron chi connectivity index (χ1n) is 7.09. The maximum absolute atomic E-state index is 12.5. The van der Waals surface area contributed by atoms with E-state index in [2.05, 4.69) is 15.9 Å². The average Bonchev–Trinajstić information content (AvgIpc) is 2.50. The van der Waals surface area contributed by atoms with E-state index in [4.69, 9.17) is 0 Å². The van der Waals surface area contributed by atoms with Crippen molar-refractivity contribution in [3.8, 4) is 0 Å². The Bertz CT molecular complexity index is 773. The van der Waals surface area contributed by atoms with Gasteiger partial charge >= 0.3 is 0 Å². The van der Waals surface area contributed by atoms with Gasteiger partial charge in [-0.15, -0.1) is 0 Å². The number of hydrogen-bond acceptors (Lipinski definition) is 2. The number of carbonyl (C=O) groups is 1. The number of ketones is 1. The molecule has 0 heterocycles. The fourth-order valence-electron chi connectivity index (χ4n) is 2.13. The molecule has 1 N–H and O–H groups in total. The molecule has 0 aliphatic rings. The van der Waals surface area contributed by atoms with Gasteiger partial charge in [0.1, 0.15) is 10.2 Å². The van der Waals surface area contributed by atoms with Crippen LogP contribution in [0.5, 0.6) is 0 Å². The number of aliphatic hydroxyl groups excluding tert-OH is 1. The number of hydrogen-bond donors (Lipinski definition) is 1. The smallest absolute Gasteiger partial charge is 0.203 e. The molecule has 0 unspecified atom stereocenters. The van der Waals surface area contributed by atoms with Gasteiger partial charge in [-0.1, -0.05) is 24.3 Å². The second-order valence-corrected chi connectivity index (χ2v) is 6.38. The van der Waals surface area contributed by atoms with Gasteiger partial charge in [0.25, 0.3) is 0 Å². The molecule has 0 bridgehead atoms. The Morgan fingerprint density at radius 1 is 0.818 bits per heavy atom. The SMILES string of the molecule is Cc1ccc(C(=O)C(Br)=C(O)c2ccc(C)c(C)c2)cc1C. The molecule has 0 radical (unpaired) electrons. The van der Waals surface area contributed by atoms with Crippen LogP contribution in [0.3, 0.4) is 0 Å². The van der Waals surface area contributed by atoms with Crippen LogP contribution in [-0.2, 0) is 0 Å². The lowest BCUT2D eigenvalue weighted by Gasteiger charge is -2.08. The molecule has 0 fully saturated rings. The molecule has 0 saturated carbocycles. The summed E-state index contributed by atoms with van der Waals surface area (Å²) in [5, 5.41) is 10.4. The van der Waals surface area contributed by atoms with Crippen LogP contribution < -0.4 is 0 Å². The molecule has 2 aromatic carbocycles. The quantitative estimate of drug-likeness (QED) is 0.451. The molecule has 2 nitrogen and oxygen atoms in total. The van der Waals surface area contributed by atoms with Crippen LogP contribution in [0.15, 0.2) is 40.9 Å². The summed E-state index contributed by atoms with van der Waals surface area (Å²) in [7, 11) is 0. The van der Waals surface area contributed by atoms with E-state index in [-0.39, 0.29) is 16.0 Å². The molecule has 0 spiro atoms. The Hall–Kier alpha value is -1.87. The molecule has 0 amide bonds. The highest BCUT2D eigenvalue weighted by Gasteiger charge is 2.16. The second-order valence-electron chi connectivity index (χ2n) is 5.59. The fourth-order valence-corrected chi connectivity index (χ4v) is 2.59. The zero-order chi connectivity index (χ0) is 16.4. The highest BCUT2D eigenvalue weighted by atomic mass is 79.9. The van der Waals surface area contributed by atoms with E-state index in [1.54, 1.807) is 6.07 Å². The maximum Gasteiger partial charge on any atom is 0.203 e. The van der Waals surface area contributed by atoms with Crippen molar-refractivity contribution in [1.29, 1.82) is 0 Å². The van der Waals surface area contributed by atoms with E-state index in [0.717, 1.165) is 22.3 Å². The molecule has 0 aliphatic heterocycles. The minimum Gasteiger partial charge on any atom is -0.506 e. The lowest BCUT2D eigenvalue weighted by atomic mass is 10.0. The van der Waals surface area contributed by atoms with Gasteiger partial charge in [-0.2, -0.15) is 0 Å². The zero-order valence-corrected chi connectivity index (χ0v) is 14.8. The van der Waals surface area contributed by atoms with Crippen LogP contribution in [0.1, 0.15) is 38.2 Å². The summed E-state index contributed by atoms with van der Waals surface area (Å²) in [6.07, 6.45) is 0. The van der Waals surface area contributed by atoms with E-state index in [1.165, 1.54) is 0 Å². The first kappa shape index (κ1) is 16.5. The number of Topliss-reactive ketones (excluding diaryl/α,β-unsaturated/α-hetero) is 1. The third-order valence-electron chi connectivity index (χ3n) is 3.96. The number of aliphatic hydroxyl groups is 1. The van der Waals surface area contributed by atoms with E-state index >= 15 is 0 Å². The van der Waals surface area contributed by atoms with Crippen molar-refractivity contribution in [1.82, 2.24) is 0 Å². The van der Waals surface area contributed by atoms with Crippen LogP contribution in [0.25, 0.3) is 5.76 Å². The predicted molar refractivity (Wildman–Crippen MR) is 94.6 cm³/mol. The molecule has 114 valence electrons. The van der Waals surface area contributed by atoms with Crippen LogP contribution in [-0.4, -0.2) is 10.9 Å². The van der Waals surface area contributed by atoms with Crippen LogP contribution in [0.2, 0.25) is 0 Å². The Labute approximate surface area is 139 Å². The molecule has 0 atom stereocenters. The molecule has 0 aliphatic carbocycles. The van der Waals surface area contributed by atoms with E-state index in [1.807, 2.05) is 58.0 Å². The topological polar surface area (TPSA) is 37.3 Å². The Morgan fingerprint density at radius 2 is 1.27 bits per heavy atom. The van der Waals surface area contributed by atoms with Crippen molar-refractivity contribution in [2.24, 2.45) is 0 Å². The summed E-state index contributed by atoms with van der Waals surface area (Å²) in [6, 6.07) is 11.1. The highest BCUT2D eigenvalue weighted by molar-refractivity contribution is 9.12. The van der Waals surface area contributed by atoms with E-state index in [0.29, 0.717) is 11.1 Å². The summed E-state index contributed by atoms with van der Waals surface area (Å²) in [4.78, 5) is 12.5. The van der Waals surface area contributed by atoms with E-state index in [9.17, 15) is 9.90 Å². The standard InChI is InChI=1S/C19H19BrO2/c1-11-5-7-15(9-13(11)3)18(21)17(20)19(22)16-8-6-12(2)14(4)10-16/h5-10,21H,1-4H3. The van der Waals surface area contributed by atoms with Gasteiger partial charge in [-0.3, -0.25) is 4.79 Å². The molecule has 22 heavy (non-hydrogen) atoms. The first-order valence-corrected chi connectivity index (χ1v) is 7.89. The second kappa shape index (κ2) is 6.49. The normalized spacial score (nSPS) is 12.0. The molecule has 2 aromatic rings. The first-order chi connectivity index (χ1) is 10.3. The fraction of sp³-hybridized carbons (Fsp3) is 0.211. The molecular formula is C19H19BrO2. The van der Waals surface area contributed by atoms with Crippen LogP contribution in [0.4, 0.5) is 0 Å². The summed E-state index contributed by atoms with van der Waals surface area (Å²) >= 11 is 3.25. The minimum absolute atomic E-state index is 0.0358. The van der Waals surface area contributed by atoms with Crippen molar-refractivity contribution in [3.63, 3.8) is 0 Å². The summed E-state index contributed by atoms with van der Waals surface area (Å²) in [6.45, 7) is 7.95. The molecule has 2 rings (SSSR count). The lowest BCUT2D eigenvalue weighted by molar-refractivity contribution is 0.104. The van der Waals surface area contributed by atoms with Gasteiger partial charge < -0.3 is 5.11 Å². The number of rotatable bonds is 3. The summed E-state index contributed by atoms with van der Waals surface area (Å²) in [5.74, 6) is -0.259. The number of aryl methyl sites for hydroxylation is 4. The molecular weight excluding hydrogens is 340 g/mol. The number of halogens is 1. The largest absolute Gasteiger partial charge is 0.506 e. The van der Waals surface area contributed by atoms with E-state index < -0.39 is 0 Å². The summed E-state index contributed by atoms with van der Waals surface area (Å²) in [5.41, 5.74) is 5.60. The maximum atomic E-state index is 12.5. The van der Waals surface area contributed by atoms with Crippen molar-refractivity contribution in [2.45, 2.75) is 27.7 Å². The Morgan fingerprint density at radius 3 is 1.77 bits per heavy atom. The van der Waals surface area contributed by atoms with Crippen LogP contribution in [0, 0.1) is 27.7 Å². The number of allylic oxidation sites excluding steroid dienone is 1. The number of carbonyl (C=O) groups excluding carboxylic acids is 1. The van der Waals surface area contributed by atoms with Gasteiger partial charge in [0, 0.05) is 11.1 Å². The average molecular weight is 359 g/mol. The highest BCUT2D eigenvalue weighted by Crippen LogP contribution is 2.26. The van der Waals surface area contributed by atoms with Gasteiger partial charge in [0.15, 0.2) is 0 Å². The van der Waals surface area contributed by atoms with Crippen molar-refractivity contribution in [3.05, 3.63) is 74.3 Å². The molecule has 3 heteroatoms. The van der Waals surface area contributed by atoms with Crippen molar-refractivity contribution in [2.75, 3.05) is 0 Å². The summed E-state index contributed by atoms with van der Waals surface area (Å²) < 4.78 is 0.180. The zero-order valence-electron chi connectivity index (χ0n) is 13.2. The minimum atomic E-state index is -0.223. The van der Waals surface area contributed by atoms with Gasteiger partial charge in [0.2, 0.25) is 5.78 Å². The van der Waals surface area contributed by atoms with Gasteiger partial charge in [-0.05, 0) is 78.0 Å². The Balaban J connectivity index is 2.42. The van der Waals surface area contributed by atoms with Gasteiger partial charge in [0.05, 0.1) is 0 Å². The third-order valence-corrected chi connectivity index (χ3v) is 4.69. The third kappa shape index (κ3) is 3.30. The van der Waals surface area contributed by atoms with Crippen molar-refractivity contribution < 1.29 is 9.90 Å². The predicted octanol–water partition coefficient (Wildman–Crippen LogP) is 5.42. The number of benzene rings is 2. The Kier molecular flexibility index (Phi) is 4.87. The lowest BCUT2D eigenvalue weighted by Crippen LogP contribution is -2.03. The van der Waals surface area contributed by atoms with Gasteiger partial charge in [-0.25, -0.2) is 0 Å². The van der Waals surface area contributed by atoms with Crippen molar-refractivity contribution >= 4 is 27.5 Å². The monoisotopic (exact) mass is 358 g/mol.